The minimum atomic E-state index is -1.36. The number of amides is 11. The fraction of sp³-hybridized carbons (Fsp3) is 0.662. The van der Waals surface area contributed by atoms with E-state index in [1.807, 2.05) is 13.8 Å². The van der Waals surface area contributed by atoms with Gasteiger partial charge in [0.2, 0.25) is 65.0 Å². The summed E-state index contributed by atoms with van der Waals surface area (Å²) in [5.74, 6) is -9.38. The van der Waals surface area contributed by atoms with Gasteiger partial charge in [0.25, 0.3) is 0 Å². The molecular formula is C68H109N15O13. The number of rotatable bonds is 24. The van der Waals surface area contributed by atoms with Gasteiger partial charge < -0.3 is 90.8 Å². The van der Waals surface area contributed by atoms with Gasteiger partial charge in [0, 0.05) is 25.9 Å². The van der Waals surface area contributed by atoms with Crippen molar-refractivity contribution in [1.82, 2.24) is 57.7 Å². The van der Waals surface area contributed by atoms with Crippen LogP contribution in [0.15, 0.2) is 48.5 Å². The lowest BCUT2D eigenvalue weighted by Gasteiger charge is -2.32. The second-order valence-corrected chi connectivity index (χ2v) is 26.8. The van der Waals surface area contributed by atoms with Crippen LogP contribution in [-0.4, -0.2) is 191 Å². The number of fused-ring (bicyclic) bond motifs is 2. The third-order valence-corrected chi connectivity index (χ3v) is 17.8. The summed E-state index contributed by atoms with van der Waals surface area (Å²) < 4.78 is 0. The number of phenolic OH excluding ortho intramolecular Hbond substituents is 2. The summed E-state index contributed by atoms with van der Waals surface area (Å²) in [4.78, 5) is 165. The van der Waals surface area contributed by atoms with Gasteiger partial charge in [-0.15, -0.1) is 0 Å². The van der Waals surface area contributed by atoms with Crippen LogP contribution >= 0.6 is 0 Å². The molecule has 11 atom stereocenters. The highest BCUT2D eigenvalue weighted by Crippen LogP contribution is 2.25. The van der Waals surface area contributed by atoms with E-state index >= 15 is 9.59 Å². The van der Waals surface area contributed by atoms with Gasteiger partial charge in [-0.25, -0.2) is 0 Å². The summed E-state index contributed by atoms with van der Waals surface area (Å²) in [5.41, 5.74) is 24.6. The number of hydrogen-bond acceptors (Lipinski definition) is 17. The number of phenols is 2. The molecular weight excluding hydrogens is 1230 g/mol. The highest BCUT2D eigenvalue weighted by molar-refractivity contribution is 6.00. The molecule has 534 valence electrons. The number of nitrogens with one attached hydrogen (secondary N) is 9. The second kappa shape index (κ2) is 39.9. The van der Waals surface area contributed by atoms with Crippen molar-refractivity contribution in [3.63, 3.8) is 0 Å². The predicted octanol–water partition coefficient (Wildman–Crippen LogP) is 0.116. The molecule has 0 saturated carbocycles. The third-order valence-electron chi connectivity index (χ3n) is 17.8. The third kappa shape index (κ3) is 24.3. The molecule has 2 aromatic carbocycles. The first-order valence-corrected chi connectivity index (χ1v) is 34.5. The van der Waals surface area contributed by atoms with Crippen molar-refractivity contribution in [3.8, 4) is 11.5 Å². The van der Waals surface area contributed by atoms with E-state index in [-0.39, 0.29) is 114 Å². The molecule has 0 aromatic heterocycles. The van der Waals surface area contributed by atoms with E-state index in [1.165, 1.54) is 34.1 Å². The Balaban J connectivity index is 1.63. The van der Waals surface area contributed by atoms with E-state index in [0.717, 1.165) is 0 Å². The predicted molar refractivity (Wildman–Crippen MR) is 361 cm³/mol. The van der Waals surface area contributed by atoms with Gasteiger partial charge >= 0.3 is 0 Å². The average Bonchev–Trinajstić information content (AvgIpc) is 1.62. The molecule has 3 heterocycles. The van der Waals surface area contributed by atoms with E-state index in [9.17, 15) is 53.4 Å². The summed E-state index contributed by atoms with van der Waals surface area (Å²) in [5, 5.41) is 45.9. The van der Waals surface area contributed by atoms with Crippen molar-refractivity contribution in [3.05, 3.63) is 59.7 Å². The number of carbonyl (C=O) groups excluding carboxylic acids is 11. The van der Waals surface area contributed by atoms with Gasteiger partial charge in [-0.3, -0.25) is 52.7 Å². The summed E-state index contributed by atoms with van der Waals surface area (Å²) in [6.45, 7) is 11.7. The minimum Gasteiger partial charge on any atom is -0.508 e. The zero-order valence-electron chi connectivity index (χ0n) is 57.0. The summed E-state index contributed by atoms with van der Waals surface area (Å²) in [6.07, 6.45) is 4.47. The number of benzene rings is 2. The normalized spacial score (nSPS) is 25.5. The average molecular weight is 1340 g/mol. The minimum absolute atomic E-state index is 0.0454. The number of nitrogens with zero attached hydrogens (tertiary/aromatic N) is 2. The second-order valence-electron chi connectivity index (χ2n) is 26.8. The molecule has 2 aromatic rings. The SMILES string of the molecule is CC(C)C[C@H]1NC(=O)[C@H](CCCCN)NC(=O)[C@H](C(C)C)NC(=O)[C@H](CCCCN)NC(=O)[C@@H]2CCCN2C(=O)[C@@H](Cc2ccc(O)cc2)NC(=O)[C@H](CCCCN)NC(=O)[C@H](CCCCN)NC(=O)[C@H](C(C)C)NC(=O)[C@@H]2CCCN2C(=O)[C@@H](Cc2ccc(O)cc2)NC1=O. The lowest BCUT2D eigenvalue weighted by Crippen LogP contribution is -2.61. The molecule has 28 nitrogen and oxygen atoms in total. The van der Waals surface area contributed by atoms with Crippen LogP contribution in [-0.2, 0) is 65.6 Å². The van der Waals surface area contributed by atoms with Gasteiger partial charge in [0.15, 0.2) is 0 Å². The van der Waals surface area contributed by atoms with Gasteiger partial charge in [-0.2, -0.15) is 0 Å². The topological polar surface area (TPSA) is 447 Å². The monoisotopic (exact) mass is 1340 g/mol. The van der Waals surface area contributed by atoms with Crippen LogP contribution in [0.1, 0.15) is 162 Å². The van der Waals surface area contributed by atoms with Crippen LogP contribution in [0.5, 0.6) is 11.5 Å². The van der Waals surface area contributed by atoms with Crippen LogP contribution in [0.4, 0.5) is 0 Å². The fourth-order valence-corrected chi connectivity index (χ4v) is 12.3. The first-order chi connectivity index (χ1) is 45.8. The maximum atomic E-state index is 15.1. The van der Waals surface area contributed by atoms with Crippen molar-refractivity contribution < 1.29 is 63.0 Å². The molecule has 96 heavy (non-hydrogen) atoms. The Morgan fingerprint density at radius 3 is 0.990 bits per heavy atom. The van der Waals surface area contributed by atoms with Crippen molar-refractivity contribution in [2.75, 3.05) is 39.3 Å². The van der Waals surface area contributed by atoms with Crippen LogP contribution in [0.25, 0.3) is 0 Å². The zero-order valence-corrected chi connectivity index (χ0v) is 57.0. The maximum absolute atomic E-state index is 15.1. The van der Waals surface area contributed by atoms with E-state index in [2.05, 4.69) is 47.9 Å². The molecule has 0 unspecified atom stereocenters. The van der Waals surface area contributed by atoms with E-state index < -0.39 is 143 Å². The molecule has 0 bridgehead atoms. The first kappa shape index (κ1) is 78.7. The Hall–Kier alpha value is -7.95. The van der Waals surface area contributed by atoms with Crippen molar-refractivity contribution >= 4 is 65.0 Å². The first-order valence-electron chi connectivity index (χ1n) is 34.5. The standard InChI is InChI=1S/C68H109N15O13/c1-40(2)37-51-62(90)79-53(39-44-25-29-46(85)30-26-44)68(96)83-36-16-22-55(83)64(92)81-57(42(5)6)66(94)75-48(18-8-12-32-70)58(86)73-47(17-7-11-31-69)60(88)78-52(38-43-23-27-45(84)28-24-43)67(95)82-35-15-21-54(82)63(91)74-50(20-10-14-34-72)61(89)80-56(41(3)4)65(93)76-49(59(87)77-51)19-9-13-33-71/h23-30,40-42,47-57,84-85H,7-22,31-39,69-72H2,1-6H3,(H,73,86)(H,74,91)(H,75,94)(H,76,93)(H,77,87)(H,78,88)(H,79,90)(H,80,89)(H,81,92)/t47-,48-,49-,50-,51+,52+,53+,54-,55-,56-,57-/m0/s1. The van der Waals surface area contributed by atoms with E-state index in [1.54, 1.807) is 52.0 Å². The highest BCUT2D eigenvalue weighted by Gasteiger charge is 2.43. The summed E-state index contributed by atoms with van der Waals surface area (Å²) >= 11 is 0. The Bertz CT molecular complexity index is 2900. The number of unbranched alkanes of at least 4 members (excludes halogenated alkanes) is 4. The van der Waals surface area contributed by atoms with E-state index in [4.69, 9.17) is 22.9 Å². The number of nitrogens with two attached hydrogens (primary N) is 4. The summed E-state index contributed by atoms with van der Waals surface area (Å²) in [7, 11) is 0. The molecule has 11 amide bonds. The Morgan fingerprint density at radius 1 is 0.375 bits per heavy atom. The van der Waals surface area contributed by atoms with Gasteiger partial charge in [-0.05, 0) is 188 Å². The molecule has 28 heteroatoms. The molecule has 3 aliphatic heterocycles. The number of hydrogen-bond donors (Lipinski definition) is 15. The van der Waals surface area contributed by atoms with Gasteiger partial charge in [-0.1, -0.05) is 65.8 Å². The molecule has 19 N–H and O–H groups in total. The van der Waals surface area contributed by atoms with Crippen molar-refractivity contribution in [2.24, 2.45) is 40.7 Å². The number of carbonyl (C=O) groups is 11. The van der Waals surface area contributed by atoms with Gasteiger partial charge in [0.05, 0.1) is 0 Å². The van der Waals surface area contributed by atoms with Crippen molar-refractivity contribution in [2.45, 2.75) is 230 Å². The maximum Gasteiger partial charge on any atom is 0.246 e. The smallest absolute Gasteiger partial charge is 0.246 e. The molecule has 3 fully saturated rings. The quantitative estimate of drug-likeness (QED) is 0.0621. The van der Waals surface area contributed by atoms with Crippen LogP contribution < -0.4 is 70.8 Å². The molecule has 0 aliphatic carbocycles. The lowest BCUT2D eigenvalue weighted by atomic mass is 9.99. The van der Waals surface area contributed by atoms with Crippen LogP contribution in [0.3, 0.4) is 0 Å². The highest BCUT2D eigenvalue weighted by atomic mass is 16.3. The van der Waals surface area contributed by atoms with Crippen LogP contribution in [0.2, 0.25) is 0 Å². The zero-order chi connectivity index (χ0) is 70.6. The summed E-state index contributed by atoms with van der Waals surface area (Å²) in [6, 6.07) is -1.92. The molecule has 0 spiro atoms. The number of aromatic hydroxyl groups is 2. The fourth-order valence-electron chi connectivity index (χ4n) is 12.3. The molecule has 5 rings (SSSR count). The van der Waals surface area contributed by atoms with Crippen LogP contribution in [0, 0.1) is 17.8 Å². The Morgan fingerprint density at radius 2 is 0.656 bits per heavy atom. The van der Waals surface area contributed by atoms with Crippen molar-refractivity contribution in [1.29, 1.82) is 0 Å². The molecule has 3 saturated heterocycles. The van der Waals surface area contributed by atoms with Gasteiger partial charge in [0.1, 0.15) is 78.0 Å². The largest absolute Gasteiger partial charge is 0.508 e. The molecule has 3 aliphatic rings. The lowest BCUT2D eigenvalue weighted by molar-refractivity contribution is -0.143. The van der Waals surface area contributed by atoms with E-state index in [0.29, 0.717) is 75.3 Å². The Kier molecular flexibility index (Phi) is 32.8. The Labute approximate surface area is 564 Å². The molecule has 0 radical (unpaired) electrons.